The molecule has 1 aliphatic heterocycles. The van der Waals surface area contributed by atoms with E-state index in [4.69, 9.17) is 0 Å². The first-order chi connectivity index (χ1) is 10.2. The Hall–Kier alpha value is -2.43. The van der Waals surface area contributed by atoms with Crippen LogP contribution in [0.4, 0.5) is 0 Å². The number of nitrogens with one attached hydrogen (secondary N) is 1. The van der Waals surface area contributed by atoms with E-state index in [1.807, 2.05) is 37.3 Å². The van der Waals surface area contributed by atoms with E-state index >= 15 is 0 Å². The first kappa shape index (κ1) is 13.5. The average Bonchev–Trinajstić information content (AvgIpc) is 2.54. The molecule has 2 aromatic rings. The van der Waals surface area contributed by atoms with Gasteiger partial charge in [-0.15, -0.1) is 0 Å². The quantitative estimate of drug-likeness (QED) is 0.907. The van der Waals surface area contributed by atoms with Gasteiger partial charge in [-0.1, -0.05) is 30.3 Å². The van der Waals surface area contributed by atoms with Crippen LogP contribution in [-0.2, 0) is 17.8 Å². The van der Waals surface area contributed by atoms with Crippen molar-refractivity contribution >= 4 is 5.91 Å². The van der Waals surface area contributed by atoms with Crippen LogP contribution in [0.2, 0.25) is 0 Å². The van der Waals surface area contributed by atoms with Crippen molar-refractivity contribution < 1.29 is 4.79 Å². The number of carbonyl (C=O) groups is 1. The zero-order valence-electron chi connectivity index (χ0n) is 11.9. The zero-order chi connectivity index (χ0) is 14.8. The van der Waals surface area contributed by atoms with Crippen molar-refractivity contribution in [2.45, 2.75) is 25.8 Å². The molecular formula is C16H17N3O2. The van der Waals surface area contributed by atoms with Crippen LogP contribution in [0.15, 0.2) is 41.5 Å². The molecular weight excluding hydrogens is 266 g/mol. The van der Waals surface area contributed by atoms with Gasteiger partial charge in [0.25, 0.3) is 5.56 Å². The van der Waals surface area contributed by atoms with Gasteiger partial charge in [-0.3, -0.25) is 9.59 Å². The van der Waals surface area contributed by atoms with Gasteiger partial charge in [-0.2, -0.15) is 0 Å². The van der Waals surface area contributed by atoms with Crippen molar-refractivity contribution in [2.24, 2.45) is 0 Å². The minimum atomic E-state index is -0.185. The van der Waals surface area contributed by atoms with Gasteiger partial charge in [0.1, 0.15) is 0 Å². The summed E-state index contributed by atoms with van der Waals surface area (Å²) in [4.78, 5) is 32.9. The van der Waals surface area contributed by atoms with Crippen molar-refractivity contribution in [3.63, 3.8) is 0 Å². The SMILES string of the molecule is C[C@H](C(=O)N1CCc2c(nc[nH]c2=O)C1)c1ccccc1. The Kier molecular flexibility index (Phi) is 3.56. The first-order valence-electron chi connectivity index (χ1n) is 7.06. The molecule has 0 spiro atoms. The van der Waals surface area contributed by atoms with Gasteiger partial charge in [-0.05, 0) is 18.9 Å². The van der Waals surface area contributed by atoms with Crippen LogP contribution in [0, 0.1) is 0 Å². The predicted octanol–water partition coefficient (Wildman–Crippen LogP) is 1.46. The Bertz CT molecular complexity index is 709. The van der Waals surface area contributed by atoms with Crippen molar-refractivity contribution in [3.05, 3.63) is 63.8 Å². The van der Waals surface area contributed by atoms with E-state index in [-0.39, 0.29) is 17.4 Å². The first-order valence-corrected chi connectivity index (χ1v) is 7.06. The third-order valence-corrected chi connectivity index (χ3v) is 3.99. The lowest BCUT2D eigenvalue weighted by atomic mass is 9.98. The highest BCUT2D eigenvalue weighted by atomic mass is 16.2. The van der Waals surface area contributed by atoms with Gasteiger partial charge < -0.3 is 9.88 Å². The van der Waals surface area contributed by atoms with E-state index < -0.39 is 0 Å². The Morgan fingerprint density at radius 2 is 2.10 bits per heavy atom. The third kappa shape index (κ3) is 2.59. The summed E-state index contributed by atoms with van der Waals surface area (Å²) >= 11 is 0. The van der Waals surface area contributed by atoms with Gasteiger partial charge in [-0.25, -0.2) is 4.98 Å². The van der Waals surface area contributed by atoms with E-state index in [1.54, 1.807) is 4.90 Å². The van der Waals surface area contributed by atoms with Crippen LogP contribution in [0.1, 0.15) is 29.7 Å². The maximum Gasteiger partial charge on any atom is 0.254 e. The standard InChI is InChI=1S/C16H17N3O2/c1-11(12-5-3-2-4-6-12)16(21)19-8-7-13-14(9-19)17-10-18-15(13)20/h2-6,10-11H,7-9H2,1H3,(H,17,18,20)/t11-/m0/s1. The summed E-state index contributed by atoms with van der Waals surface area (Å²) in [7, 11) is 0. The summed E-state index contributed by atoms with van der Waals surface area (Å²) in [5.41, 5.74) is 2.32. The fraction of sp³-hybridized carbons (Fsp3) is 0.312. The Balaban J connectivity index is 1.80. The predicted molar refractivity (Wildman–Crippen MR) is 78.8 cm³/mol. The molecule has 0 unspecified atom stereocenters. The molecule has 1 amide bonds. The van der Waals surface area contributed by atoms with Gasteiger partial charge in [0.15, 0.2) is 0 Å². The summed E-state index contributed by atoms with van der Waals surface area (Å²) < 4.78 is 0. The molecule has 0 bridgehead atoms. The second-order valence-electron chi connectivity index (χ2n) is 5.30. The van der Waals surface area contributed by atoms with Crippen molar-refractivity contribution in [1.29, 1.82) is 0 Å². The fourth-order valence-corrected chi connectivity index (χ4v) is 2.71. The molecule has 1 atom stereocenters. The number of fused-ring (bicyclic) bond motifs is 1. The summed E-state index contributed by atoms with van der Waals surface area (Å²) in [6.07, 6.45) is 1.96. The van der Waals surface area contributed by atoms with Gasteiger partial charge in [0.2, 0.25) is 5.91 Å². The summed E-state index contributed by atoms with van der Waals surface area (Å²) in [5.74, 6) is -0.108. The molecule has 1 aliphatic rings. The van der Waals surface area contributed by atoms with Crippen molar-refractivity contribution in [1.82, 2.24) is 14.9 Å². The number of hydrogen-bond donors (Lipinski definition) is 1. The molecule has 3 rings (SSSR count). The van der Waals surface area contributed by atoms with Crippen molar-refractivity contribution in [2.75, 3.05) is 6.54 Å². The molecule has 2 heterocycles. The molecule has 1 aromatic heterocycles. The second kappa shape index (κ2) is 5.52. The van der Waals surface area contributed by atoms with Gasteiger partial charge in [0, 0.05) is 12.1 Å². The molecule has 0 radical (unpaired) electrons. The number of H-pyrrole nitrogens is 1. The number of amides is 1. The highest BCUT2D eigenvalue weighted by molar-refractivity contribution is 5.83. The Morgan fingerprint density at radius 1 is 1.33 bits per heavy atom. The zero-order valence-corrected chi connectivity index (χ0v) is 11.9. The van der Waals surface area contributed by atoms with Crippen LogP contribution in [0.5, 0.6) is 0 Å². The maximum atomic E-state index is 12.6. The monoisotopic (exact) mass is 283 g/mol. The smallest absolute Gasteiger partial charge is 0.254 e. The molecule has 0 fully saturated rings. The van der Waals surface area contributed by atoms with E-state index in [2.05, 4.69) is 9.97 Å². The van der Waals surface area contributed by atoms with Crippen LogP contribution in [0.25, 0.3) is 0 Å². The number of hydrogen-bond acceptors (Lipinski definition) is 3. The lowest BCUT2D eigenvalue weighted by Gasteiger charge is -2.29. The molecule has 5 nitrogen and oxygen atoms in total. The van der Waals surface area contributed by atoms with Gasteiger partial charge in [0.05, 0.1) is 24.5 Å². The van der Waals surface area contributed by atoms with Crippen LogP contribution in [-0.4, -0.2) is 27.3 Å². The number of nitrogens with zero attached hydrogens (tertiary/aromatic N) is 2. The highest BCUT2D eigenvalue weighted by Gasteiger charge is 2.27. The van der Waals surface area contributed by atoms with Crippen LogP contribution < -0.4 is 5.56 Å². The Labute approximate surface area is 122 Å². The molecule has 0 aliphatic carbocycles. The molecule has 0 saturated heterocycles. The minimum Gasteiger partial charge on any atom is -0.336 e. The lowest BCUT2D eigenvalue weighted by Crippen LogP contribution is -2.40. The number of aromatic nitrogens is 2. The largest absolute Gasteiger partial charge is 0.336 e. The molecule has 0 saturated carbocycles. The molecule has 21 heavy (non-hydrogen) atoms. The van der Waals surface area contributed by atoms with Gasteiger partial charge >= 0.3 is 0 Å². The van der Waals surface area contributed by atoms with E-state index in [0.717, 1.165) is 5.56 Å². The highest BCUT2D eigenvalue weighted by Crippen LogP contribution is 2.21. The Morgan fingerprint density at radius 3 is 2.86 bits per heavy atom. The molecule has 108 valence electrons. The number of rotatable bonds is 2. The summed E-state index contributed by atoms with van der Waals surface area (Å²) in [6.45, 7) is 2.89. The fourth-order valence-electron chi connectivity index (χ4n) is 2.71. The lowest BCUT2D eigenvalue weighted by molar-refractivity contribution is -0.133. The normalized spacial score (nSPS) is 15.4. The topological polar surface area (TPSA) is 66.1 Å². The molecule has 1 aromatic carbocycles. The average molecular weight is 283 g/mol. The number of benzene rings is 1. The molecule has 5 heteroatoms. The number of aromatic amines is 1. The van der Waals surface area contributed by atoms with E-state index in [1.165, 1.54) is 6.33 Å². The van der Waals surface area contributed by atoms with E-state index in [0.29, 0.717) is 30.8 Å². The summed E-state index contributed by atoms with van der Waals surface area (Å²) in [5, 5.41) is 0. The van der Waals surface area contributed by atoms with Crippen LogP contribution in [0.3, 0.4) is 0 Å². The van der Waals surface area contributed by atoms with E-state index in [9.17, 15) is 9.59 Å². The van der Waals surface area contributed by atoms with Crippen molar-refractivity contribution in [3.8, 4) is 0 Å². The summed E-state index contributed by atoms with van der Waals surface area (Å²) in [6, 6.07) is 9.73. The van der Waals surface area contributed by atoms with Crippen LogP contribution >= 0.6 is 0 Å². The maximum absolute atomic E-state index is 12.6. The molecule has 1 N–H and O–H groups in total. The number of carbonyl (C=O) groups excluding carboxylic acids is 1. The third-order valence-electron chi connectivity index (χ3n) is 3.99. The second-order valence-corrected chi connectivity index (χ2v) is 5.30. The minimum absolute atomic E-state index is 0.0777.